The second-order valence-electron chi connectivity index (χ2n) is 4.99. The maximum absolute atomic E-state index is 12.2. The molecule has 0 N–H and O–H groups in total. The van der Waals surface area contributed by atoms with Crippen molar-refractivity contribution in [1.29, 1.82) is 0 Å². The van der Waals surface area contributed by atoms with Crippen LogP contribution in [-0.4, -0.2) is 11.9 Å². The van der Waals surface area contributed by atoms with Gasteiger partial charge in [-0.25, -0.2) is 9.59 Å². The number of ether oxygens (including phenoxy) is 2. The normalized spacial score (nSPS) is 10.0. The van der Waals surface area contributed by atoms with Crippen LogP contribution in [0.4, 0.5) is 0 Å². The molecular formula is C20H14O4. The van der Waals surface area contributed by atoms with Crippen molar-refractivity contribution in [2.45, 2.75) is 0 Å². The Kier molecular flexibility index (Phi) is 4.68. The van der Waals surface area contributed by atoms with Gasteiger partial charge >= 0.3 is 11.9 Å². The molecule has 0 amide bonds. The van der Waals surface area contributed by atoms with Gasteiger partial charge in [-0.05, 0) is 42.5 Å². The van der Waals surface area contributed by atoms with Gasteiger partial charge in [0.1, 0.15) is 11.5 Å². The maximum Gasteiger partial charge on any atom is 0.343 e. The molecule has 118 valence electrons. The van der Waals surface area contributed by atoms with Crippen LogP contribution in [0.5, 0.6) is 11.5 Å². The standard InChI is InChI=1S/C20H14O4/c21-19(15-8-3-1-4-9-15)24-18-13-7-10-16(14-18)20(22)23-17-11-5-2-6-12-17/h1-14H. The molecule has 3 rings (SSSR count). The van der Waals surface area contributed by atoms with Crippen LogP contribution in [-0.2, 0) is 0 Å². The van der Waals surface area contributed by atoms with E-state index in [1.807, 2.05) is 12.1 Å². The minimum Gasteiger partial charge on any atom is -0.423 e. The van der Waals surface area contributed by atoms with E-state index in [-0.39, 0.29) is 5.75 Å². The highest BCUT2D eigenvalue weighted by Gasteiger charge is 2.12. The fraction of sp³-hybridized carbons (Fsp3) is 0. The molecule has 3 aromatic rings. The van der Waals surface area contributed by atoms with Crippen LogP contribution >= 0.6 is 0 Å². The molecule has 3 aromatic carbocycles. The smallest absolute Gasteiger partial charge is 0.343 e. The number of benzene rings is 3. The Morgan fingerprint density at radius 2 is 1.04 bits per heavy atom. The zero-order valence-corrected chi connectivity index (χ0v) is 12.7. The summed E-state index contributed by atoms with van der Waals surface area (Å²) in [5.74, 6) is -0.261. The number of para-hydroxylation sites is 1. The lowest BCUT2D eigenvalue weighted by atomic mass is 10.2. The predicted molar refractivity (Wildman–Crippen MR) is 89.2 cm³/mol. The first kappa shape index (κ1) is 15.5. The molecule has 24 heavy (non-hydrogen) atoms. The second kappa shape index (κ2) is 7.24. The molecule has 4 nitrogen and oxygen atoms in total. The molecule has 0 heterocycles. The van der Waals surface area contributed by atoms with Crippen molar-refractivity contribution in [3.05, 3.63) is 96.1 Å². The van der Waals surface area contributed by atoms with Crippen molar-refractivity contribution in [1.82, 2.24) is 0 Å². The fourth-order valence-electron chi connectivity index (χ4n) is 2.08. The van der Waals surface area contributed by atoms with Gasteiger partial charge in [-0.3, -0.25) is 0 Å². The van der Waals surface area contributed by atoms with Crippen LogP contribution in [0, 0.1) is 0 Å². The fourth-order valence-corrected chi connectivity index (χ4v) is 2.08. The molecule has 0 aliphatic rings. The Balaban J connectivity index is 1.72. The lowest BCUT2D eigenvalue weighted by Crippen LogP contribution is -2.11. The second-order valence-corrected chi connectivity index (χ2v) is 4.99. The third-order valence-electron chi connectivity index (χ3n) is 3.24. The summed E-state index contributed by atoms with van der Waals surface area (Å²) in [6, 6.07) is 23.8. The zero-order chi connectivity index (χ0) is 16.8. The molecule has 0 saturated heterocycles. The van der Waals surface area contributed by atoms with E-state index in [4.69, 9.17) is 9.47 Å². The summed E-state index contributed by atoms with van der Waals surface area (Å²) >= 11 is 0. The molecular weight excluding hydrogens is 304 g/mol. The van der Waals surface area contributed by atoms with E-state index in [0.717, 1.165) is 0 Å². The van der Waals surface area contributed by atoms with Gasteiger partial charge in [0.25, 0.3) is 0 Å². The van der Waals surface area contributed by atoms with E-state index in [0.29, 0.717) is 16.9 Å². The number of rotatable bonds is 4. The van der Waals surface area contributed by atoms with Gasteiger partial charge in [-0.2, -0.15) is 0 Å². The van der Waals surface area contributed by atoms with Crippen LogP contribution in [0.2, 0.25) is 0 Å². The Bertz CT molecular complexity index is 842. The number of hydrogen-bond acceptors (Lipinski definition) is 4. The van der Waals surface area contributed by atoms with Crippen LogP contribution in [0.3, 0.4) is 0 Å². The summed E-state index contributed by atoms with van der Waals surface area (Å²) in [6.07, 6.45) is 0. The Morgan fingerprint density at radius 3 is 1.75 bits per heavy atom. The van der Waals surface area contributed by atoms with Gasteiger partial charge in [-0.15, -0.1) is 0 Å². The highest BCUT2D eigenvalue weighted by atomic mass is 16.5. The van der Waals surface area contributed by atoms with Crippen LogP contribution < -0.4 is 9.47 Å². The zero-order valence-electron chi connectivity index (χ0n) is 12.7. The van der Waals surface area contributed by atoms with Crippen molar-refractivity contribution in [3.63, 3.8) is 0 Å². The van der Waals surface area contributed by atoms with Gasteiger partial charge in [0.2, 0.25) is 0 Å². The van der Waals surface area contributed by atoms with Crippen molar-refractivity contribution in [2.75, 3.05) is 0 Å². The summed E-state index contributed by atoms with van der Waals surface area (Å²) in [4.78, 5) is 24.2. The van der Waals surface area contributed by atoms with E-state index >= 15 is 0 Å². The number of carbonyl (C=O) groups is 2. The van der Waals surface area contributed by atoms with Crippen LogP contribution in [0.15, 0.2) is 84.9 Å². The summed E-state index contributed by atoms with van der Waals surface area (Å²) in [7, 11) is 0. The molecule has 0 spiro atoms. The number of esters is 2. The highest BCUT2D eigenvalue weighted by molar-refractivity contribution is 5.93. The summed E-state index contributed by atoms with van der Waals surface area (Å²) < 4.78 is 10.6. The summed E-state index contributed by atoms with van der Waals surface area (Å²) in [6.45, 7) is 0. The minimum atomic E-state index is -0.515. The molecule has 0 saturated carbocycles. The van der Waals surface area contributed by atoms with Crippen molar-refractivity contribution in [3.8, 4) is 11.5 Å². The highest BCUT2D eigenvalue weighted by Crippen LogP contribution is 2.17. The van der Waals surface area contributed by atoms with E-state index in [9.17, 15) is 9.59 Å². The minimum absolute atomic E-state index is 0.284. The molecule has 4 heteroatoms. The molecule has 0 bridgehead atoms. The molecule has 0 atom stereocenters. The quantitative estimate of drug-likeness (QED) is 0.536. The summed E-state index contributed by atoms with van der Waals surface area (Å²) in [5.41, 5.74) is 0.743. The first-order chi connectivity index (χ1) is 11.7. The Labute approximate surface area is 139 Å². The first-order valence-electron chi connectivity index (χ1n) is 7.37. The maximum atomic E-state index is 12.2. The van der Waals surface area contributed by atoms with Crippen molar-refractivity contribution in [2.24, 2.45) is 0 Å². The van der Waals surface area contributed by atoms with E-state index in [1.165, 1.54) is 6.07 Å². The average Bonchev–Trinajstić information content (AvgIpc) is 2.63. The predicted octanol–water partition coefficient (Wildman–Crippen LogP) is 4.13. The third-order valence-corrected chi connectivity index (χ3v) is 3.24. The average molecular weight is 318 g/mol. The van der Waals surface area contributed by atoms with Gasteiger partial charge in [0, 0.05) is 0 Å². The van der Waals surface area contributed by atoms with Crippen LogP contribution in [0.1, 0.15) is 20.7 Å². The SMILES string of the molecule is O=C(Oc1cccc(C(=O)Oc2ccccc2)c1)c1ccccc1. The molecule has 0 radical (unpaired) electrons. The Morgan fingerprint density at radius 1 is 0.542 bits per heavy atom. The Hall–Kier alpha value is -3.40. The monoisotopic (exact) mass is 318 g/mol. The molecule has 0 aromatic heterocycles. The van der Waals surface area contributed by atoms with Gasteiger partial charge in [0.15, 0.2) is 0 Å². The van der Waals surface area contributed by atoms with E-state index in [2.05, 4.69) is 0 Å². The lowest BCUT2D eigenvalue weighted by molar-refractivity contribution is 0.0714. The lowest BCUT2D eigenvalue weighted by Gasteiger charge is -2.07. The van der Waals surface area contributed by atoms with Crippen molar-refractivity contribution < 1.29 is 19.1 Å². The van der Waals surface area contributed by atoms with Gasteiger partial charge < -0.3 is 9.47 Å². The molecule has 0 aliphatic carbocycles. The number of carbonyl (C=O) groups excluding carboxylic acids is 2. The third kappa shape index (κ3) is 3.87. The largest absolute Gasteiger partial charge is 0.423 e. The first-order valence-corrected chi connectivity index (χ1v) is 7.37. The van der Waals surface area contributed by atoms with Crippen molar-refractivity contribution >= 4 is 11.9 Å². The molecule has 0 fully saturated rings. The molecule has 0 unspecified atom stereocenters. The molecule has 0 aliphatic heterocycles. The van der Waals surface area contributed by atoms with Crippen LogP contribution in [0.25, 0.3) is 0 Å². The topological polar surface area (TPSA) is 52.6 Å². The van der Waals surface area contributed by atoms with E-state index in [1.54, 1.807) is 66.7 Å². The summed E-state index contributed by atoms with van der Waals surface area (Å²) in [5, 5.41) is 0. The van der Waals surface area contributed by atoms with E-state index < -0.39 is 11.9 Å². The number of hydrogen-bond donors (Lipinski definition) is 0. The van der Waals surface area contributed by atoms with Gasteiger partial charge in [-0.1, -0.05) is 42.5 Å². The van der Waals surface area contributed by atoms with Gasteiger partial charge in [0.05, 0.1) is 11.1 Å².